The average Bonchev–Trinajstić information content (AvgIpc) is 3.33. The van der Waals surface area contributed by atoms with E-state index in [1.54, 1.807) is 0 Å². The van der Waals surface area contributed by atoms with Gasteiger partial charge in [0.25, 0.3) is 0 Å². The second kappa shape index (κ2) is 7.96. The number of nitrogens with zero attached hydrogens (tertiary/aromatic N) is 5. The number of carbonyl (C=O) groups is 1. The van der Waals surface area contributed by atoms with E-state index in [2.05, 4.69) is 50.3 Å². The molecule has 1 amide bonds. The summed E-state index contributed by atoms with van der Waals surface area (Å²) in [5.74, 6) is 1.35. The van der Waals surface area contributed by atoms with E-state index in [4.69, 9.17) is 0 Å². The number of hydrogen-bond acceptors (Lipinski definition) is 3. The third kappa shape index (κ3) is 3.90. The highest BCUT2D eigenvalue weighted by Gasteiger charge is 2.21. The van der Waals surface area contributed by atoms with Gasteiger partial charge in [-0.1, -0.05) is 25.1 Å². The fraction of sp³-hybridized carbons (Fsp3) is 0.429. The van der Waals surface area contributed by atoms with Crippen molar-refractivity contribution >= 4 is 16.8 Å². The van der Waals surface area contributed by atoms with Crippen LogP contribution in [0.25, 0.3) is 10.9 Å². The fourth-order valence-electron chi connectivity index (χ4n) is 3.85. The molecule has 4 rings (SSSR count). The molecule has 142 valence electrons. The monoisotopic (exact) mass is 365 g/mol. The van der Waals surface area contributed by atoms with Gasteiger partial charge >= 0.3 is 0 Å². The predicted molar refractivity (Wildman–Crippen MR) is 107 cm³/mol. The van der Waals surface area contributed by atoms with Gasteiger partial charge in [-0.2, -0.15) is 0 Å². The SMILES string of the molecule is CCc1nccn1CCN1CCN(C(=O)Cn2ccc3ccccc32)CC1. The van der Waals surface area contributed by atoms with Crippen LogP contribution in [0, 0.1) is 0 Å². The minimum Gasteiger partial charge on any atom is -0.339 e. The summed E-state index contributed by atoms with van der Waals surface area (Å²) in [5.41, 5.74) is 1.12. The van der Waals surface area contributed by atoms with Gasteiger partial charge < -0.3 is 14.0 Å². The Balaban J connectivity index is 1.28. The van der Waals surface area contributed by atoms with Crippen molar-refractivity contribution in [1.29, 1.82) is 0 Å². The maximum absolute atomic E-state index is 12.7. The maximum atomic E-state index is 12.7. The van der Waals surface area contributed by atoms with Crippen molar-refractivity contribution in [2.75, 3.05) is 32.7 Å². The Bertz CT molecular complexity index is 904. The fourth-order valence-corrected chi connectivity index (χ4v) is 3.85. The number of para-hydroxylation sites is 1. The molecule has 0 spiro atoms. The highest BCUT2D eigenvalue weighted by atomic mass is 16.2. The zero-order valence-corrected chi connectivity index (χ0v) is 15.9. The molecule has 0 atom stereocenters. The lowest BCUT2D eigenvalue weighted by Gasteiger charge is -2.35. The Kier molecular flexibility index (Phi) is 5.25. The van der Waals surface area contributed by atoms with Gasteiger partial charge in [0.15, 0.2) is 0 Å². The van der Waals surface area contributed by atoms with Crippen LogP contribution in [-0.4, -0.2) is 62.5 Å². The minimum atomic E-state index is 0.207. The van der Waals surface area contributed by atoms with Crippen LogP contribution >= 0.6 is 0 Å². The maximum Gasteiger partial charge on any atom is 0.242 e. The lowest BCUT2D eigenvalue weighted by molar-refractivity contribution is -0.133. The van der Waals surface area contributed by atoms with Gasteiger partial charge in [0.05, 0.1) is 0 Å². The number of hydrogen-bond donors (Lipinski definition) is 0. The van der Waals surface area contributed by atoms with Crippen molar-refractivity contribution in [3.63, 3.8) is 0 Å². The second-order valence-electron chi connectivity index (χ2n) is 7.12. The number of rotatable bonds is 6. The molecule has 2 aromatic heterocycles. The van der Waals surface area contributed by atoms with Crippen LogP contribution in [0.2, 0.25) is 0 Å². The van der Waals surface area contributed by atoms with Crippen LogP contribution in [0.15, 0.2) is 48.9 Å². The van der Waals surface area contributed by atoms with Gasteiger partial charge in [-0.15, -0.1) is 0 Å². The summed E-state index contributed by atoms with van der Waals surface area (Å²) < 4.78 is 4.28. The molecular formula is C21H27N5O. The van der Waals surface area contributed by atoms with Crippen LogP contribution < -0.4 is 0 Å². The molecule has 0 saturated carbocycles. The van der Waals surface area contributed by atoms with E-state index in [0.29, 0.717) is 6.54 Å². The highest BCUT2D eigenvalue weighted by molar-refractivity contribution is 5.83. The first-order valence-corrected chi connectivity index (χ1v) is 9.78. The van der Waals surface area contributed by atoms with Crippen molar-refractivity contribution < 1.29 is 4.79 Å². The van der Waals surface area contributed by atoms with Gasteiger partial charge in [0, 0.05) is 69.8 Å². The third-order valence-electron chi connectivity index (χ3n) is 5.49. The van der Waals surface area contributed by atoms with Gasteiger partial charge in [-0.25, -0.2) is 4.98 Å². The zero-order valence-electron chi connectivity index (χ0n) is 15.9. The van der Waals surface area contributed by atoms with Gasteiger partial charge in [-0.05, 0) is 17.5 Å². The molecule has 0 N–H and O–H groups in total. The van der Waals surface area contributed by atoms with Gasteiger partial charge in [0.2, 0.25) is 5.91 Å². The Morgan fingerprint density at radius 2 is 1.81 bits per heavy atom. The van der Waals surface area contributed by atoms with Crippen LogP contribution in [0.4, 0.5) is 0 Å². The zero-order chi connectivity index (χ0) is 18.6. The van der Waals surface area contributed by atoms with Crippen LogP contribution in [0.5, 0.6) is 0 Å². The number of imidazole rings is 1. The smallest absolute Gasteiger partial charge is 0.242 e. The highest BCUT2D eigenvalue weighted by Crippen LogP contribution is 2.15. The third-order valence-corrected chi connectivity index (χ3v) is 5.49. The summed E-state index contributed by atoms with van der Waals surface area (Å²) in [5, 5.41) is 1.18. The molecule has 0 radical (unpaired) electrons. The molecule has 1 saturated heterocycles. The molecular weight excluding hydrogens is 338 g/mol. The summed E-state index contributed by atoms with van der Waals surface area (Å²) in [6.07, 6.45) is 6.90. The second-order valence-corrected chi connectivity index (χ2v) is 7.12. The van der Waals surface area contributed by atoms with E-state index in [1.165, 1.54) is 5.39 Å². The Morgan fingerprint density at radius 1 is 1.00 bits per heavy atom. The first-order valence-electron chi connectivity index (χ1n) is 9.78. The standard InChI is InChI=1S/C21H27N5O/c1-2-20-22-8-10-24(20)14-11-23-12-15-25(16-13-23)21(27)17-26-9-7-18-5-3-4-6-19(18)26/h3-10H,2,11-17H2,1H3. The van der Waals surface area contributed by atoms with Gasteiger partial charge in [-0.3, -0.25) is 9.69 Å². The number of benzene rings is 1. The molecule has 0 unspecified atom stereocenters. The van der Waals surface area contributed by atoms with Crippen LogP contribution in [0.1, 0.15) is 12.7 Å². The van der Waals surface area contributed by atoms with E-state index in [1.807, 2.05) is 29.4 Å². The van der Waals surface area contributed by atoms with E-state index >= 15 is 0 Å². The molecule has 1 fully saturated rings. The molecule has 3 aromatic rings. The van der Waals surface area contributed by atoms with Crippen molar-refractivity contribution in [3.8, 4) is 0 Å². The lowest BCUT2D eigenvalue weighted by Crippen LogP contribution is -2.50. The van der Waals surface area contributed by atoms with Crippen molar-refractivity contribution in [2.45, 2.75) is 26.4 Å². The first kappa shape index (κ1) is 17.8. The average molecular weight is 365 g/mol. The lowest BCUT2D eigenvalue weighted by atomic mass is 10.2. The Labute approximate surface area is 160 Å². The predicted octanol–water partition coefficient (Wildman–Crippen LogP) is 2.24. The van der Waals surface area contributed by atoms with Gasteiger partial charge in [0.1, 0.15) is 12.4 Å². The molecule has 0 aliphatic carbocycles. The summed E-state index contributed by atoms with van der Waals surface area (Å²) in [6.45, 7) is 8.02. The molecule has 1 aliphatic heterocycles. The number of amides is 1. The Morgan fingerprint density at radius 3 is 2.63 bits per heavy atom. The van der Waals surface area contributed by atoms with Crippen LogP contribution in [0.3, 0.4) is 0 Å². The number of aromatic nitrogens is 3. The van der Waals surface area contributed by atoms with E-state index in [9.17, 15) is 4.79 Å². The summed E-state index contributed by atoms with van der Waals surface area (Å²) in [7, 11) is 0. The molecule has 3 heterocycles. The Hall–Kier alpha value is -2.60. The van der Waals surface area contributed by atoms with Crippen molar-refractivity contribution in [2.24, 2.45) is 0 Å². The van der Waals surface area contributed by atoms with E-state index in [-0.39, 0.29) is 5.91 Å². The molecule has 6 nitrogen and oxygen atoms in total. The molecule has 27 heavy (non-hydrogen) atoms. The minimum absolute atomic E-state index is 0.207. The number of carbonyl (C=O) groups excluding carboxylic acids is 1. The molecule has 1 aromatic carbocycles. The number of aryl methyl sites for hydroxylation is 1. The summed E-state index contributed by atoms with van der Waals surface area (Å²) >= 11 is 0. The largest absolute Gasteiger partial charge is 0.339 e. The van der Waals surface area contributed by atoms with Crippen molar-refractivity contribution in [1.82, 2.24) is 23.9 Å². The van der Waals surface area contributed by atoms with E-state index < -0.39 is 0 Å². The number of piperazine rings is 1. The van der Waals surface area contributed by atoms with E-state index in [0.717, 1.165) is 57.0 Å². The molecule has 6 heteroatoms. The van der Waals surface area contributed by atoms with Crippen molar-refractivity contribution in [3.05, 3.63) is 54.7 Å². The summed E-state index contributed by atoms with van der Waals surface area (Å²) in [4.78, 5) is 21.5. The van der Waals surface area contributed by atoms with Crippen LogP contribution in [-0.2, 0) is 24.3 Å². The topological polar surface area (TPSA) is 46.3 Å². The summed E-state index contributed by atoms with van der Waals surface area (Å²) in [6, 6.07) is 10.3. The quantitative estimate of drug-likeness (QED) is 0.673. The normalized spacial score (nSPS) is 15.5. The molecule has 0 bridgehead atoms. The number of fused-ring (bicyclic) bond motifs is 1. The molecule has 1 aliphatic rings. The first-order chi connectivity index (χ1) is 13.2.